The van der Waals surface area contributed by atoms with E-state index in [1.165, 1.54) is 0 Å². The van der Waals surface area contributed by atoms with E-state index in [2.05, 4.69) is 15.9 Å². The summed E-state index contributed by atoms with van der Waals surface area (Å²) >= 11 is 3.36. The summed E-state index contributed by atoms with van der Waals surface area (Å²) in [4.78, 5) is 26.6. The summed E-state index contributed by atoms with van der Waals surface area (Å²) < 4.78 is 0.848. The van der Waals surface area contributed by atoms with Crippen LogP contribution in [0.2, 0.25) is 0 Å². The quantitative estimate of drug-likeness (QED) is 0.904. The average Bonchev–Trinajstić information content (AvgIpc) is 2.33. The van der Waals surface area contributed by atoms with Gasteiger partial charge in [-0.05, 0) is 32.0 Å². The molecule has 1 aromatic carbocycles. The molecule has 0 radical (unpaired) electrons. The van der Waals surface area contributed by atoms with E-state index in [0.29, 0.717) is 5.69 Å². The first-order valence-corrected chi connectivity index (χ1v) is 6.61. The molecule has 0 bridgehead atoms. The Balaban J connectivity index is 2.59. The van der Waals surface area contributed by atoms with Gasteiger partial charge >= 0.3 is 5.97 Å². The lowest BCUT2D eigenvalue weighted by molar-refractivity contribution is -0.142. The number of hydrogen-bond donors (Lipinski definition) is 1. The Labute approximate surface area is 119 Å². The maximum absolute atomic E-state index is 12.0. The molecule has 1 N–H and O–H groups in total. The molecular formula is C13H15BrN2O3. The number of hydrogen-bond acceptors (Lipinski definition) is 3. The molecule has 0 saturated heterocycles. The molecule has 1 aliphatic heterocycles. The number of carbonyl (C=O) groups excluding carboxylic acids is 1. The molecule has 0 spiro atoms. The summed E-state index contributed by atoms with van der Waals surface area (Å²) in [6.45, 7) is 3.25. The van der Waals surface area contributed by atoms with Crippen molar-refractivity contribution in [2.75, 3.05) is 23.4 Å². The number of carbonyl (C=O) groups is 2. The van der Waals surface area contributed by atoms with Gasteiger partial charge in [-0.2, -0.15) is 0 Å². The van der Waals surface area contributed by atoms with E-state index >= 15 is 0 Å². The number of amides is 1. The van der Waals surface area contributed by atoms with Gasteiger partial charge in [0.2, 0.25) is 5.91 Å². The highest BCUT2D eigenvalue weighted by molar-refractivity contribution is 9.10. The summed E-state index contributed by atoms with van der Waals surface area (Å²) in [7, 11) is 1.69. The first kappa shape index (κ1) is 13.9. The number of benzene rings is 1. The Hall–Kier alpha value is -1.56. The van der Waals surface area contributed by atoms with Gasteiger partial charge in [-0.25, -0.2) is 4.79 Å². The first-order valence-electron chi connectivity index (χ1n) is 5.82. The number of anilines is 2. The van der Waals surface area contributed by atoms with Gasteiger partial charge in [-0.3, -0.25) is 4.79 Å². The Morgan fingerprint density at radius 2 is 2.00 bits per heavy atom. The number of fused-ring (bicyclic) bond motifs is 1. The van der Waals surface area contributed by atoms with Crippen LogP contribution in [0.5, 0.6) is 0 Å². The number of nitrogens with zero attached hydrogens (tertiary/aromatic N) is 2. The van der Waals surface area contributed by atoms with E-state index in [1.54, 1.807) is 30.7 Å². The molecule has 0 atom stereocenters. The summed E-state index contributed by atoms with van der Waals surface area (Å²) in [5, 5.41) is 9.35. The lowest BCUT2D eigenvalue weighted by atomic mass is 9.99. The predicted molar refractivity (Wildman–Crippen MR) is 76.6 cm³/mol. The van der Waals surface area contributed by atoms with E-state index in [0.717, 1.165) is 10.2 Å². The zero-order valence-electron chi connectivity index (χ0n) is 11.0. The molecule has 19 heavy (non-hydrogen) atoms. The van der Waals surface area contributed by atoms with Crippen LogP contribution < -0.4 is 9.80 Å². The van der Waals surface area contributed by atoms with Gasteiger partial charge in [-0.1, -0.05) is 15.9 Å². The standard InChI is InChI=1S/C13H15BrN2O3/c1-13(2,12(18)19)16-7-11(17)15(3)10-6-8(14)4-5-9(10)16/h4-6H,7H2,1-3H3,(H,18,19). The SMILES string of the molecule is CN1C(=O)CN(C(C)(C)C(=O)O)c2ccc(Br)cc21. The fourth-order valence-electron chi connectivity index (χ4n) is 2.07. The number of halogens is 1. The van der Waals surface area contributed by atoms with Gasteiger partial charge in [0.15, 0.2) is 0 Å². The molecule has 6 heteroatoms. The Morgan fingerprint density at radius 3 is 2.58 bits per heavy atom. The monoisotopic (exact) mass is 326 g/mol. The number of carboxylic acids is 1. The van der Waals surface area contributed by atoms with Gasteiger partial charge in [-0.15, -0.1) is 0 Å². The van der Waals surface area contributed by atoms with Crippen molar-refractivity contribution in [1.82, 2.24) is 0 Å². The summed E-state index contributed by atoms with van der Waals surface area (Å²) in [6, 6.07) is 5.48. The number of rotatable bonds is 2. The Morgan fingerprint density at radius 1 is 1.37 bits per heavy atom. The molecule has 0 unspecified atom stereocenters. The van der Waals surface area contributed by atoms with Crippen molar-refractivity contribution >= 4 is 39.2 Å². The smallest absolute Gasteiger partial charge is 0.328 e. The van der Waals surface area contributed by atoms with Gasteiger partial charge in [0.05, 0.1) is 17.9 Å². The second-order valence-electron chi connectivity index (χ2n) is 5.04. The largest absolute Gasteiger partial charge is 0.480 e. The topological polar surface area (TPSA) is 60.9 Å². The minimum atomic E-state index is -1.14. The summed E-state index contributed by atoms with van der Waals surface area (Å²) in [5.74, 6) is -1.08. The minimum absolute atomic E-state index is 0.0600. The summed E-state index contributed by atoms with van der Waals surface area (Å²) in [6.07, 6.45) is 0. The molecule has 1 heterocycles. The van der Waals surface area contributed by atoms with Crippen LogP contribution >= 0.6 is 15.9 Å². The number of aliphatic carboxylic acids is 1. The highest BCUT2D eigenvalue weighted by Crippen LogP contribution is 2.38. The fraction of sp³-hybridized carbons (Fsp3) is 0.385. The van der Waals surface area contributed by atoms with E-state index in [-0.39, 0.29) is 12.5 Å². The normalized spacial score (nSPS) is 15.5. The predicted octanol–water partition coefficient (Wildman–Crippen LogP) is 2.10. The number of carboxylic acid groups (broad SMARTS) is 1. The van der Waals surface area contributed by atoms with Crippen LogP contribution in [-0.2, 0) is 9.59 Å². The molecule has 0 aliphatic carbocycles. The average molecular weight is 327 g/mol. The third-order valence-electron chi connectivity index (χ3n) is 3.46. The van der Waals surface area contributed by atoms with E-state index < -0.39 is 11.5 Å². The minimum Gasteiger partial charge on any atom is -0.480 e. The van der Waals surface area contributed by atoms with Crippen LogP contribution in [0.4, 0.5) is 11.4 Å². The van der Waals surface area contributed by atoms with Gasteiger partial charge < -0.3 is 14.9 Å². The maximum atomic E-state index is 12.0. The fourth-order valence-corrected chi connectivity index (χ4v) is 2.42. The van der Waals surface area contributed by atoms with Crippen molar-refractivity contribution in [3.05, 3.63) is 22.7 Å². The van der Waals surface area contributed by atoms with Crippen molar-refractivity contribution in [3.63, 3.8) is 0 Å². The zero-order valence-corrected chi connectivity index (χ0v) is 12.6. The van der Waals surface area contributed by atoms with Crippen molar-refractivity contribution < 1.29 is 14.7 Å². The van der Waals surface area contributed by atoms with E-state index in [9.17, 15) is 14.7 Å². The highest BCUT2D eigenvalue weighted by Gasteiger charge is 2.40. The van der Waals surface area contributed by atoms with Crippen LogP contribution in [0.3, 0.4) is 0 Å². The zero-order chi connectivity index (χ0) is 14.4. The molecule has 102 valence electrons. The Bertz CT molecular complexity index is 557. The van der Waals surface area contributed by atoms with Crippen LogP contribution in [0.1, 0.15) is 13.8 Å². The van der Waals surface area contributed by atoms with Crippen LogP contribution in [-0.4, -0.2) is 36.1 Å². The van der Waals surface area contributed by atoms with Gasteiger partial charge in [0.25, 0.3) is 0 Å². The third kappa shape index (κ3) is 2.20. The van der Waals surface area contributed by atoms with Gasteiger partial charge in [0, 0.05) is 11.5 Å². The molecule has 5 nitrogen and oxygen atoms in total. The maximum Gasteiger partial charge on any atom is 0.328 e. The van der Waals surface area contributed by atoms with Crippen molar-refractivity contribution in [2.45, 2.75) is 19.4 Å². The lowest BCUT2D eigenvalue weighted by Gasteiger charge is -2.42. The lowest BCUT2D eigenvalue weighted by Crippen LogP contribution is -2.56. The third-order valence-corrected chi connectivity index (χ3v) is 3.95. The molecule has 0 fully saturated rings. The molecular weight excluding hydrogens is 312 g/mol. The molecule has 0 aromatic heterocycles. The van der Waals surface area contributed by atoms with Crippen LogP contribution in [0.15, 0.2) is 22.7 Å². The first-order chi connectivity index (χ1) is 8.75. The molecule has 0 saturated carbocycles. The van der Waals surface area contributed by atoms with Gasteiger partial charge in [0.1, 0.15) is 5.54 Å². The Kier molecular flexibility index (Phi) is 3.30. The molecule has 1 amide bonds. The molecule has 1 aliphatic rings. The second-order valence-corrected chi connectivity index (χ2v) is 5.95. The highest BCUT2D eigenvalue weighted by atomic mass is 79.9. The van der Waals surface area contributed by atoms with Crippen LogP contribution in [0.25, 0.3) is 0 Å². The van der Waals surface area contributed by atoms with Crippen molar-refractivity contribution in [2.24, 2.45) is 0 Å². The molecule has 1 aromatic rings. The van der Waals surface area contributed by atoms with Crippen LogP contribution in [0, 0.1) is 0 Å². The number of likely N-dealkylation sites (N-methyl/N-ethyl adjacent to an activating group) is 1. The van der Waals surface area contributed by atoms with E-state index in [4.69, 9.17) is 0 Å². The molecule has 2 rings (SSSR count). The van der Waals surface area contributed by atoms with E-state index in [1.807, 2.05) is 18.2 Å². The van der Waals surface area contributed by atoms with Crippen molar-refractivity contribution in [3.8, 4) is 0 Å². The van der Waals surface area contributed by atoms with Crippen molar-refractivity contribution in [1.29, 1.82) is 0 Å². The second kappa shape index (κ2) is 4.52. The summed E-state index contributed by atoms with van der Waals surface area (Å²) in [5.41, 5.74) is 0.317.